The predicted octanol–water partition coefficient (Wildman–Crippen LogP) is 3.48. The molecule has 2 rings (SSSR count). The molecule has 1 aromatic heterocycles. The average Bonchev–Trinajstić information content (AvgIpc) is 2.83. The molecule has 1 fully saturated rings. The zero-order chi connectivity index (χ0) is 18.1. The Morgan fingerprint density at radius 3 is 2.42 bits per heavy atom. The zero-order valence-electron chi connectivity index (χ0n) is 15.9. The molecule has 5 nitrogen and oxygen atoms in total. The number of aryl methyl sites for hydroxylation is 2. The van der Waals surface area contributed by atoms with E-state index in [0.717, 1.165) is 36.9 Å². The molecule has 1 saturated carbocycles. The summed E-state index contributed by atoms with van der Waals surface area (Å²) in [7, 11) is 0. The van der Waals surface area contributed by atoms with Crippen molar-refractivity contribution in [1.82, 2.24) is 10.5 Å². The van der Waals surface area contributed by atoms with Gasteiger partial charge in [0.2, 0.25) is 5.91 Å². The van der Waals surface area contributed by atoms with E-state index in [1.165, 1.54) is 0 Å². The van der Waals surface area contributed by atoms with Crippen LogP contribution in [0.4, 0.5) is 0 Å². The van der Waals surface area contributed by atoms with Gasteiger partial charge in [-0.1, -0.05) is 25.9 Å². The zero-order valence-corrected chi connectivity index (χ0v) is 15.9. The highest BCUT2D eigenvalue weighted by Gasteiger charge is 2.37. The third-order valence-electron chi connectivity index (χ3n) is 5.65. The number of nitrogens with zero attached hydrogens (tertiary/aromatic N) is 1. The van der Waals surface area contributed by atoms with Crippen molar-refractivity contribution in [3.63, 3.8) is 0 Å². The lowest BCUT2D eigenvalue weighted by Crippen LogP contribution is -2.47. The molecule has 5 heteroatoms. The van der Waals surface area contributed by atoms with Gasteiger partial charge in [0.15, 0.2) is 0 Å². The molecular weight excluding hydrogens is 304 g/mol. The Balaban J connectivity index is 1.90. The van der Waals surface area contributed by atoms with Crippen LogP contribution in [0.15, 0.2) is 4.52 Å². The van der Waals surface area contributed by atoms with E-state index in [1.807, 2.05) is 20.8 Å². The van der Waals surface area contributed by atoms with Gasteiger partial charge in [-0.25, -0.2) is 0 Å². The Labute approximate surface area is 145 Å². The second kappa shape index (κ2) is 6.87. The second-order valence-electron chi connectivity index (χ2n) is 8.54. The molecule has 0 radical (unpaired) electrons. The molecule has 0 aliphatic heterocycles. The van der Waals surface area contributed by atoms with Crippen LogP contribution in [0.25, 0.3) is 0 Å². The van der Waals surface area contributed by atoms with Crippen molar-refractivity contribution < 1.29 is 14.4 Å². The Morgan fingerprint density at radius 1 is 1.38 bits per heavy atom. The lowest BCUT2D eigenvalue weighted by Gasteiger charge is -2.41. The number of aliphatic hydroxyl groups is 1. The Bertz CT molecular complexity index is 558. The van der Waals surface area contributed by atoms with Crippen LogP contribution in [0.3, 0.4) is 0 Å². The number of rotatable bonds is 4. The Morgan fingerprint density at radius 2 is 1.96 bits per heavy atom. The first-order valence-corrected chi connectivity index (χ1v) is 8.96. The van der Waals surface area contributed by atoms with Crippen LogP contribution < -0.4 is 5.32 Å². The van der Waals surface area contributed by atoms with Gasteiger partial charge in [-0.3, -0.25) is 4.79 Å². The summed E-state index contributed by atoms with van der Waals surface area (Å²) in [6.45, 7) is 12.6. The van der Waals surface area contributed by atoms with Gasteiger partial charge in [0, 0.05) is 12.1 Å². The van der Waals surface area contributed by atoms with Crippen molar-refractivity contribution in [3.05, 3.63) is 17.0 Å². The molecule has 0 aromatic carbocycles. The summed E-state index contributed by atoms with van der Waals surface area (Å²) in [6, 6.07) is 0. The minimum Gasteiger partial charge on any atom is -0.388 e. The summed E-state index contributed by atoms with van der Waals surface area (Å²) in [5, 5.41) is 17.6. The van der Waals surface area contributed by atoms with Crippen molar-refractivity contribution in [3.8, 4) is 0 Å². The first-order chi connectivity index (χ1) is 11.0. The summed E-state index contributed by atoms with van der Waals surface area (Å²) < 4.78 is 5.15. The number of aromatic nitrogens is 1. The lowest BCUT2D eigenvalue weighted by atomic mass is 9.68. The van der Waals surface area contributed by atoms with E-state index in [9.17, 15) is 9.90 Å². The maximum Gasteiger partial charge on any atom is 0.227 e. The molecule has 0 unspecified atom stereocenters. The van der Waals surface area contributed by atoms with E-state index in [0.29, 0.717) is 18.2 Å². The molecule has 0 spiro atoms. The van der Waals surface area contributed by atoms with Crippen molar-refractivity contribution >= 4 is 5.91 Å². The van der Waals surface area contributed by atoms with Gasteiger partial charge >= 0.3 is 0 Å². The molecular formula is C19H32N2O3. The maximum absolute atomic E-state index is 12.5. The molecule has 1 heterocycles. The minimum absolute atomic E-state index is 0.0873. The third kappa shape index (κ3) is 4.18. The van der Waals surface area contributed by atoms with Gasteiger partial charge in [0.25, 0.3) is 0 Å². The van der Waals surface area contributed by atoms with E-state index in [1.54, 1.807) is 0 Å². The van der Waals surface area contributed by atoms with Crippen LogP contribution >= 0.6 is 0 Å². The summed E-state index contributed by atoms with van der Waals surface area (Å²) in [6.07, 6.45) is 3.51. The van der Waals surface area contributed by atoms with Gasteiger partial charge in [0.1, 0.15) is 5.76 Å². The molecule has 1 aliphatic rings. The number of hydrogen-bond donors (Lipinski definition) is 2. The fraction of sp³-hybridized carbons (Fsp3) is 0.789. The second-order valence-corrected chi connectivity index (χ2v) is 8.54. The topological polar surface area (TPSA) is 75.4 Å². The van der Waals surface area contributed by atoms with Crippen molar-refractivity contribution in [2.24, 2.45) is 11.3 Å². The fourth-order valence-electron chi connectivity index (χ4n) is 3.84. The Hall–Kier alpha value is -1.36. The van der Waals surface area contributed by atoms with Crippen LogP contribution in [0.5, 0.6) is 0 Å². The SMILES string of the molecule is Cc1noc(C)c1[C@@H](C)C(=O)NCC1(O)CCC(C(C)(C)C)CC1. The van der Waals surface area contributed by atoms with E-state index < -0.39 is 5.60 Å². The fourth-order valence-corrected chi connectivity index (χ4v) is 3.84. The van der Waals surface area contributed by atoms with E-state index >= 15 is 0 Å². The predicted molar refractivity (Wildman–Crippen MR) is 93.8 cm³/mol. The normalized spacial score (nSPS) is 26.2. The van der Waals surface area contributed by atoms with Gasteiger partial charge < -0.3 is 14.9 Å². The van der Waals surface area contributed by atoms with Crippen molar-refractivity contribution in [2.75, 3.05) is 6.54 Å². The monoisotopic (exact) mass is 336 g/mol. The Kier molecular flexibility index (Phi) is 5.43. The molecule has 1 aliphatic carbocycles. The number of nitrogens with one attached hydrogen (secondary N) is 1. The number of amides is 1. The van der Waals surface area contributed by atoms with E-state index in [2.05, 4.69) is 31.2 Å². The van der Waals surface area contributed by atoms with Crippen LogP contribution in [0.2, 0.25) is 0 Å². The van der Waals surface area contributed by atoms with Crippen LogP contribution in [0, 0.1) is 25.2 Å². The highest BCUT2D eigenvalue weighted by atomic mass is 16.5. The largest absolute Gasteiger partial charge is 0.388 e. The van der Waals surface area contributed by atoms with Gasteiger partial charge in [-0.15, -0.1) is 0 Å². The quantitative estimate of drug-likeness (QED) is 0.882. The summed E-state index contributed by atoms with van der Waals surface area (Å²) in [5.74, 6) is 0.899. The third-order valence-corrected chi connectivity index (χ3v) is 5.65. The molecule has 24 heavy (non-hydrogen) atoms. The molecule has 136 valence electrons. The first kappa shape index (κ1) is 19.0. The molecule has 0 saturated heterocycles. The minimum atomic E-state index is -0.782. The molecule has 1 atom stereocenters. The number of carbonyl (C=O) groups is 1. The summed E-state index contributed by atoms with van der Waals surface area (Å²) >= 11 is 0. The highest BCUT2D eigenvalue weighted by Crippen LogP contribution is 2.41. The average molecular weight is 336 g/mol. The summed E-state index contributed by atoms with van der Waals surface area (Å²) in [5.41, 5.74) is 1.09. The number of carbonyl (C=O) groups excluding carboxylic acids is 1. The first-order valence-electron chi connectivity index (χ1n) is 8.96. The van der Waals surface area contributed by atoms with E-state index in [-0.39, 0.29) is 17.2 Å². The molecule has 0 bridgehead atoms. The smallest absolute Gasteiger partial charge is 0.227 e. The van der Waals surface area contributed by atoms with E-state index in [4.69, 9.17) is 4.52 Å². The van der Waals surface area contributed by atoms with Crippen LogP contribution in [-0.4, -0.2) is 28.3 Å². The lowest BCUT2D eigenvalue weighted by molar-refractivity contribution is -0.124. The standard InChI is InChI=1S/C19H32N2O3/c1-12(16-13(2)21-24-14(16)3)17(22)20-11-19(23)9-7-15(8-10-19)18(4,5)6/h12,15,23H,7-11H2,1-6H3,(H,20,22)/t12-,15?,19?/m1/s1. The highest BCUT2D eigenvalue weighted by molar-refractivity contribution is 5.83. The number of hydrogen-bond acceptors (Lipinski definition) is 4. The molecule has 2 N–H and O–H groups in total. The van der Waals surface area contributed by atoms with Gasteiger partial charge in [0.05, 0.1) is 17.2 Å². The van der Waals surface area contributed by atoms with Crippen LogP contribution in [0.1, 0.15) is 76.3 Å². The molecule has 1 aromatic rings. The summed E-state index contributed by atoms with van der Waals surface area (Å²) in [4.78, 5) is 12.5. The molecule has 1 amide bonds. The maximum atomic E-state index is 12.5. The van der Waals surface area contributed by atoms with Crippen molar-refractivity contribution in [2.45, 2.75) is 78.7 Å². The van der Waals surface area contributed by atoms with Crippen molar-refractivity contribution in [1.29, 1.82) is 0 Å². The van der Waals surface area contributed by atoms with Gasteiger partial charge in [-0.05, 0) is 57.8 Å². The van der Waals surface area contributed by atoms with Crippen LogP contribution in [-0.2, 0) is 4.79 Å². The van der Waals surface area contributed by atoms with Gasteiger partial charge in [-0.2, -0.15) is 0 Å².